The maximum absolute atomic E-state index is 5.44. The number of hydrogen-bond acceptors (Lipinski definition) is 4. The lowest BCUT2D eigenvalue weighted by Gasteiger charge is -2.35. The zero-order chi connectivity index (χ0) is 13.5. The summed E-state index contributed by atoms with van der Waals surface area (Å²) in [5.74, 6) is 0.922. The van der Waals surface area contributed by atoms with E-state index in [4.69, 9.17) is 10.5 Å². The minimum Gasteiger partial charge on any atom is -0.497 e. The normalized spacial score (nSPS) is 17.1. The summed E-state index contributed by atoms with van der Waals surface area (Å²) in [4.78, 5) is 4.86. The molecule has 19 heavy (non-hydrogen) atoms. The molecule has 1 aromatic rings. The average Bonchev–Trinajstić information content (AvgIpc) is 2.48. The van der Waals surface area contributed by atoms with Crippen molar-refractivity contribution in [3.8, 4) is 5.75 Å². The number of methoxy groups -OCH3 is 1. The Balaban J connectivity index is 1.87. The van der Waals surface area contributed by atoms with Crippen LogP contribution >= 0.6 is 0 Å². The van der Waals surface area contributed by atoms with Crippen LogP contribution in [0, 0.1) is 0 Å². The van der Waals surface area contributed by atoms with Crippen LogP contribution in [0.4, 0.5) is 5.69 Å². The number of nitrogens with zero attached hydrogens (tertiary/aromatic N) is 2. The molecule has 0 aromatic heterocycles. The Morgan fingerprint density at radius 3 is 2.68 bits per heavy atom. The molecular weight excluding hydrogens is 238 g/mol. The first kappa shape index (κ1) is 13.9. The molecule has 0 radical (unpaired) electrons. The highest BCUT2D eigenvalue weighted by Crippen LogP contribution is 2.21. The number of piperazine rings is 1. The number of anilines is 1. The number of rotatable bonds is 5. The minimum atomic E-state index is 0.629. The fourth-order valence-corrected chi connectivity index (χ4v) is 2.32. The van der Waals surface area contributed by atoms with Crippen LogP contribution in [0.2, 0.25) is 0 Å². The lowest BCUT2D eigenvalue weighted by atomic mass is 10.2. The molecule has 0 saturated carbocycles. The molecule has 2 N–H and O–H groups in total. The van der Waals surface area contributed by atoms with E-state index in [1.807, 2.05) is 18.2 Å². The van der Waals surface area contributed by atoms with Gasteiger partial charge in [0.05, 0.1) is 7.11 Å². The van der Waals surface area contributed by atoms with E-state index in [2.05, 4.69) is 28.0 Å². The van der Waals surface area contributed by atoms with Gasteiger partial charge < -0.3 is 15.4 Å². The zero-order valence-electron chi connectivity index (χ0n) is 11.6. The summed E-state index contributed by atoms with van der Waals surface area (Å²) in [6, 6.07) is 8.28. The third-order valence-corrected chi connectivity index (χ3v) is 3.46. The molecule has 0 spiro atoms. The summed E-state index contributed by atoms with van der Waals surface area (Å²) >= 11 is 0. The molecule has 4 nitrogen and oxygen atoms in total. The summed E-state index contributed by atoms with van der Waals surface area (Å²) in [5.41, 5.74) is 6.69. The van der Waals surface area contributed by atoms with Crippen LogP contribution in [-0.4, -0.2) is 51.3 Å². The Morgan fingerprint density at radius 2 is 2.00 bits per heavy atom. The molecule has 1 fully saturated rings. The standard InChI is InChI=1S/C15H23N3O/c1-19-15-6-4-5-14(13-15)18-11-9-17(10-12-18)8-3-2-7-16/h2-6,13H,7-12,16H2,1H3/b3-2+. The van der Waals surface area contributed by atoms with Crippen molar-refractivity contribution in [2.45, 2.75) is 0 Å². The van der Waals surface area contributed by atoms with Gasteiger partial charge in [0.2, 0.25) is 0 Å². The third kappa shape index (κ3) is 3.98. The Kier molecular flexibility index (Phi) is 5.24. The first-order chi connectivity index (χ1) is 9.33. The second-order valence-electron chi connectivity index (χ2n) is 4.70. The van der Waals surface area contributed by atoms with Gasteiger partial charge in [-0.2, -0.15) is 0 Å². The third-order valence-electron chi connectivity index (χ3n) is 3.46. The van der Waals surface area contributed by atoms with Crippen molar-refractivity contribution < 1.29 is 4.74 Å². The highest BCUT2D eigenvalue weighted by Gasteiger charge is 2.16. The van der Waals surface area contributed by atoms with Gasteiger partial charge in [-0.1, -0.05) is 18.2 Å². The van der Waals surface area contributed by atoms with Gasteiger partial charge in [0, 0.05) is 51.0 Å². The zero-order valence-corrected chi connectivity index (χ0v) is 11.6. The molecule has 1 heterocycles. The molecule has 104 valence electrons. The predicted octanol–water partition coefficient (Wildman–Crippen LogP) is 1.33. The van der Waals surface area contributed by atoms with E-state index in [0.717, 1.165) is 38.5 Å². The lowest BCUT2D eigenvalue weighted by Crippen LogP contribution is -2.46. The monoisotopic (exact) mass is 261 g/mol. The number of hydrogen-bond donors (Lipinski definition) is 1. The van der Waals surface area contributed by atoms with Crippen molar-refractivity contribution in [1.29, 1.82) is 0 Å². The predicted molar refractivity (Wildman–Crippen MR) is 79.8 cm³/mol. The number of ether oxygens (including phenoxy) is 1. The fourth-order valence-electron chi connectivity index (χ4n) is 2.32. The molecule has 1 saturated heterocycles. The van der Waals surface area contributed by atoms with E-state index in [-0.39, 0.29) is 0 Å². The van der Waals surface area contributed by atoms with Crippen LogP contribution in [0.5, 0.6) is 5.75 Å². The SMILES string of the molecule is COc1cccc(N2CCN(C/C=C/CN)CC2)c1. The molecule has 0 amide bonds. The van der Waals surface area contributed by atoms with Gasteiger partial charge in [0.25, 0.3) is 0 Å². The van der Waals surface area contributed by atoms with Crippen molar-refractivity contribution >= 4 is 5.69 Å². The van der Waals surface area contributed by atoms with E-state index in [0.29, 0.717) is 6.54 Å². The van der Waals surface area contributed by atoms with E-state index < -0.39 is 0 Å². The van der Waals surface area contributed by atoms with E-state index in [9.17, 15) is 0 Å². The molecule has 1 aliphatic heterocycles. The van der Waals surface area contributed by atoms with Crippen LogP contribution in [0.25, 0.3) is 0 Å². The molecule has 0 unspecified atom stereocenters. The Hall–Kier alpha value is -1.52. The molecule has 1 aliphatic rings. The fraction of sp³-hybridized carbons (Fsp3) is 0.467. The van der Waals surface area contributed by atoms with E-state index in [1.165, 1.54) is 5.69 Å². The van der Waals surface area contributed by atoms with Crippen LogP contribution < -0.4 is 15.4 Å². The van der Waals surface area contributed by atoms with Crippen LogP contribution in [-0.2, 0) is 0 Å². The quantitative estimate of drug-likeness (QED) is 0.812. The second-order valence-corrected chi connectivity index (χ2v) is 4.70. The summed E-state index contributed by atoms with van der Waals surface area (Å²) in [7, 11) is 1.71. The topological polar surface area (TPSA) is 41.7 Å². The molecular formula is C15H23N3O. The van der Waals surface area contributed by atoms with Gasteiger partial charge in [0.1, 0.15) is 5.75 Å². The van der Waals surface area contributed by atoms with E-state index in [1.54, 1.807) is 7.11 Å². The molecule has 4 heteroatoms. The van der Waals surface area contributed by atoms with Crippen molar-refractivity contribution in [2.24, 2.45) is 5.73 Å². The van der Waals surface area contributed by atoms with Crippen LogP contribution in [0.15, 0.2) is 36.4 Å². The number of benzene rings is 1. The summed E-state index contributed by atoms with van der Waals surface area (Å²) in [6.07, 6.45) is 4.18. The highest BCUT2D eigenvalue weighted by atomic mass is 16.5. The second kappa shape index (κ2) is 7.16. The van der Waals surface area contributed by atoms with Gasteiger partial charge in [-0.05, 0) is 12.1 Å². The first-order valence-electron chi connectivity index (χ1n) is 6.80. The van der Waals surface area contributed by atoms with Crippen molar-refractivity contribution in [2.75, 3.05) is 51.3 Å². The summed E-state index contributed by atoms with van der Waals surface area (Å²) in [5, 5.41) is 0. The molecule has 0 bridgehead atoms. The molecule has 2 rings (SSSR count). The van der Waals surface area contributed by atoms with Crippen molar-refractivity contribution in [3.63, 3.8) is 0 Å². The number of nitrogens with two attached hydrogens (primary N) is 1. The lowest BCUT2D eigenvalue weighted by molar-refractivity contribution is 0.284. The Labute approximate surface area is 115 Å². The van der Waals surface area contributed by atoms with Gasteiger partial charge >= 0.3 is 0 Å². The average molecular weight is 261 g/mol. The smallest absolute Gasteiger partial charge is 0.120 e. The molecule has 0 aliphatic carbocycles. The molecule has 0 atom stereocenters. The summed E-state index contributed by atoms with van der Waals surface area (Å²) in [6.45, 7) is 5.93. The maximum Gasteiger partial charge on any atom is 0.120 e. The largest absolute Gasteiger partial charge is 0.497 e. The first-order valence-corrected chi connectivity index (χ1v) is 6.80. The Bertz CT molecular complexity index is 412. The van der Waals surface area contributed by atoms with Crippen LogP contribution in [0.1, 0.15) is 0 Å². The van der Waals surface area contributed by atoms with E-state index >= 15 is 0 Å². The Morgan fingerprint density at radius 1 is 1.21 bits per heavy atom. The van der Waals surface area contributed by atoms with Crippen LogP contribution in [0.3, 0.4) is 0 Å². The maximum atomic E-state index is 5.44. The minimum absolute atomic E-state index is 0.629. The summed E-state index contributed by atoms with van der Waals surface area (Å²) < 4.78 is 5.27. The van der Waals surface area contributed by atoms with Crippen molar-refractivity contribution in [1.82, 2.24) is 4.90 Å². The van der Waals surface area contributed by atoms with Gasteiger partial charge in [0.15, 0.2) is 0 Å². The van der Waals surface area contributed by atoms with Crippen molar-refractivity contribution in [3.05, 3.63) is 36.4 Å². The highest BCUT2D eigenvalue weighted by molar-refractivity contribution is 5.51. The van der Waals surface area contributed by atoms with Gasteiger partial charge in [-0.3, -0.25) is 4.90 Å². The molecule has 1 aromatic carbocycles. The van der Waals surface area contributed by atoms with Gasteiger partial charge in [-0.15, -0.1) is 0 Å². The van der Waals surface area contributed by atoms with Gasteiger partial charge in [-0.25, -0.2) is 0 Å².